The van der Waals surface area contributed by atoms with E-state index in [0.29, 0.717) is 19.4 Å². The topological polar surface area (TPSA) is 38.5 Å². The maximum atomic E-state index is 13.3. The Morgan fingerprint density at radius 3 is 2.60 bits per heavy atom. The molecule has 0 bridgehead atoms. The number of aromatic nitrogens is 1. The van der Waals surface area contributed by atoms with Crippen molar-refractivity contribution >= 4 is 12.0 Å². The molecule has 4 rings (SSSR count). The minimum absolute atomic E-state index is 0.0165. The lowest BCUT2D eigenvalue weighted by atomic mass is 9.87. The summed E-state index contributed by atoms with van der Waals surface area (Å²) in [6.07, 6.45) is 5.26. The molecule has 6 heteroatoms. The molecule has 2 heterocycles. The molecule has 1 aliphatic carbocycles. The van der Waals surface area contributed by atoms with Crippen LogP contribution in [0.2, 0.25) is 0 Å². The van der Waals surface area contributed by atoms with Crippen LogP contribution in [-0.4, -0.2) is 30.8 Å². The van der Waals surface area contributed by atoms with Crippen LogP contribution < -0.4 is 9.64 Å². The van der Waals surface area contributed by atoms with Crippen molar-refractivity contribution in [2.24, 2.45) is 5.92 Å². The quantitative estimate of drug-likeness (QED) is 0.583. The van der Waals surface area contributed by atoms with Gasteiger partial charge in [-0.15, -0.1) is 0 Å². The molecular formula is C24H30F2N2O2. The maximum absolute atomic E-state index is 13.3. The lowest BCUT2D eigenvalue weighted by Crippen LogP contribution is -2.30. The first-order valence-corrected chi connectivity index (χ1v) is 10.9. The van der Waals surface area contributed by atoms with E-state index in [0.717, 1.165) is 54.4 Å². The molecule has 0 amide bonds. The minimum Gasteiger partial charge on any atom is -0.493 e. The molecule has 4 nitrogen and oxygen atoms in total. The SMILES string of the molecule is Cc1noc(N2CCC(=Cc3cccc(OCC4CCC(F)(F)CC4)c3)CC2)c1C. The van der Waals surface area contributed by atoms with Crippen LogP contribution in [0.5, 0.6) is 5.75 Å². The molecular weight excluding hydrogens is 386 g/mol. The number of nitrogens with zero attached hydrogens (tertiary/aromatic N) is 2. The fourth-order valence-electron chi connectivity index (χ4n) is 4.25. The molecule has 0 spiro atoms. The minimum atomic E-state index is -2.48. The van der Waals surface area contributed by atoms with E-state index in [9.17, 15) is 8.78 Å². The van der Waals surface area contributed by atoms with Gasteiger partial charge in [0.2, 0.25) is 11.8 Å². The number of alkyl halides is 2. The molecule has 1 aliphatic heterocycles. The fraction of sp³-hybridized carbons (Fsp3) is 0.542. The molecule has 162 valence electrons. The van der Waals surface area contributed by atoms with Gasteiger partial charge in [0.05, 0.1) is 12.3 Å². The molecule has 1 saturated heterocycles. The summed E-state index contributed by atoms with van der Waals surface area (Å²) in [6, 6.07) is 8.06. The molecule has 0 atom stereocenters. The Morgan fingerprint density at radius 2 is 1.93 bits per heavy atom. The van der Waals surface area contributed by atoms with Crippen LogP contribution in [0.25, 0.3) is 6.08 Å². The van der Waals surface area contributed by atoms with Crippen LogP contribution in [0.15, 0.2) is 34.4 Å². The Hall–Kier alpha value is -2.37. The van der Waals surface area contributed by atoms with Gasteiger partial charge < -0.3 is 14.2 Å². The fourth-order valence-corrected chi connectivity index (χ4v) is 4.25. The van der Waals surface area contributed by atoms with Crippen molar-refractivity contribution in [1.29, 1.82) is 0 Å². The van der Waals surface area contributed by atoms with Crippen molar-refractivity contribution in [2.75, 3.05) is 24.6 Å². The molecule has 0 radical (unpaired) electrons. The lowest BCUT2D eigenvalue weighted by molar-refractivity contribution is -0.0498. The Kier molecular flexibility index (Phi) is 6.11. The lowest BCUT2D eigenvalue weighted by Gasteiger charge is -2.28. The van der Waals surface area contributed by atoms with Crippen molar-refractivity contribution in [2.45, 2.75) is 58.3 Å². The third-order valence-corrected chi connectivity index (χ3v) is 6.38. The summed E-state index contributed by atoms with van der Waals surface area (Å²) in [5, 5.41) is 4.06. The number of rotatable bonds is 5. The highest BCUT2D eigenvalue weighted by molar-refractivity contribution is 5.56. The second-order valence-electron chi connectivity index (χ2n) is 8.67. The van der Waals surface area contributed by atoms with E-state index < -0.39 is 5.92 Å². The summed E-state index contributed by atoms with van der Waals surface area (Å²) in [6.45, 7) is 6.38. The first kappa shape index (κ1) is 20.9. The van der Waals surface area contributed by atoms with E-state index in [-0.39, 0.29) is 18.8 Å². The van der Waals surface area contributed by atoms with Crippen LogP contribution in [0.1, 0.15) is 55.3 Å². The highest BCUT2D eigenvalue weighted by Gasteiger charge is 2.35. The van der Waals surface area contributed by atoms with Crippen molar-refractivity contribution in [3.05, 3.63) is 46.7 Å². The van der Waals surface area contributed by atoms with Crippen LogP contribution in [0.4, 0.5) is 14.7 Å². The van der Waals surface area contributed by atoms with Gasteiger partial charge in [0, 0.05) is 31.5 Å². The molecule has 0 unspecified atom stereocenters. The third kappa shape index (κ3) is 5.02. The first-order chi connectivity index (χ1) is 14.4. The zero-order chi connectivity index (χ0) is 21.1. The number of anilines is 1. The average Bonchev–Trinajstić information content (AvgIpc) is 3.07. The van der Waals surface area contributed by atoms with E-state index in [1.54, 1.807) is 0 Å². The van der Waals surface area contributed by atoms with E-state index >= 15 is 0 Å². The van der Waals surface area contributed by atoms with Gasteiger partial charge in [-0.05, 0) is 63.1 Å². The second-order valence-corrected chi connectivity index (χ2v) is 8.67. The van der Waals surface area contributed by atoms with E-state index in [1.807, 2.05) is 25.1 Å². The molecule has 2 aromatic rings. The van der Waals surface area contributed by atoms with Crippen LogP contribution in [-0.2, 0) is 0 Å². The monoisotopic (exact) mass is 416 g/mol. The van der Waals surface area contributed by atoms with E-state index in [2.05, 4.69) is 29.1 Å². The van der Waals surface area contributed by atoms with Gasteiger partial charge in [-0.2, -0.15) is 0 Å². The second kappa shape index (κ2) is 8.78. The van der Waals surface area contributed by atoms with Gasteiger partial charge in [0.15, 0.2) is 0 Å². The predicted octanol–water partition coefficient (Wildman–Crippen LogP) is 6.18. The van der Waals surface area contributed by atoms with E-state index in [1.165, 1.54) is 5.57 Å². The molecule has 30 heavy (non-hydrogen) atoms. The summed E-state index contributed by atoms with van der Waals surface area (Å²) in [7, 11) is 0. The molecule has 0 N–H and O–H groups in total. The number of piperidine rings is 1. The van der Waals surface area contributed by atoms with Gasteiger partial charge in [-0.25, -0.2) is 8.78 Å². The molecule has 2 aliphatic rings. The number of ether oxygens (including phenoxy) is 1. The van der Waals surface area contributed by atoms with Gasteiger partial charge in [-0.1, -0.05) is 28.9 Å². The Labute approximate surface area is 176 Å². The van der Waals surface area contributed by atoms with Crippen LogP contribution in [0, 0.1) is 19.8 Å². The highest BCUT2D eigenvalue weighted by Crippen LogP contribution is 2.36. The number of halogens is 2. The van der Waals surface area contributed by atoms with Gasteiger partial charge >= 0.3 is 0 Å². The Balaban J connectivity index is 1.31. The Morgan fingerprint density at radius 1 is 1.20 bits per heavy atom. The Bertz CT molecular complexity index is 886. The molecule has 1 aromatic carbocycles. The number of aryl methyl sites for hydroxylation is 1. The summed E-state index contributed by atoms with van der Waals surface area (Å²) >= 11 is 0. The highest BCUT2D eigenvalue weighted by atomic mass is 19.3. The van der Waals surface area contributed by atoms with Crippen molar-refractivity contribution in [3.8, 4) is 5.75 Å². The summed E-state index contributed by atoms with van der Waals surface area (Å²) in [4.78, 5) is 2.26. The van der Waals surface area contributed by atoms with Crippen LogP contribution in [0.3, 0.4) is 0 Å². The largest absolute Gasteiger partial charge is 0.493 e. The molecule has 2 fully saturated rings. The summed E-state index contributed by atoms with van der Waals surface area (Å²) in [5.74, 6) is -0.558. The van der Waals surface area contributed by atoms with Crippen molar-refractivity contribution in [1.82, 2.24) is 5.16 Å². The third-order valence-electron chi connectivity index (χ3n) is 6.38. The molecule has 1 aromatic heterocycles. The summed E-state index contributed by atoms with van der Waals surface area (Å²) < 4.78 is 38.0. The standard InChI is InChI=1S/C24H30F2N2O2/c1-17-18(2)27-30-23(17)28-12-8-19(9-13-28)14-21-4-3-5-22(15-21)29-16-20-6-10-24(25,26)11-7-20/h3-5,14-15,20H,6-13,16H2,1-2H3. The van der Waals surface area contributed by atoms with Crippen molar-refractivity contribution in [3.63, 3.8) is 0 Å². The first-order valence-electron chi connectivity index (χ1n) is 10.9. The average molecular weight is 417 g/mol. The predicted molar refractivity (Wildman–Crippen MR) is 114 cm³/mol. The zero-order valence-electron chi connectivity index (χ0n) is 17.8. The summed E-state index contributed by atoms with van der Waals surface area (Å²) in [5.41, 5.74) is 4.60. The maximum Gasteiger partial charge on any atom is 0.248 e. The van der Waals surface area contributed by atoms with Gasteiger partial charge in [0.25, 0.3) is 0 Å². The van der Waals surface area contributed by atoms with Crippen molar-refractivity contribution < 1.29 is 18.0 Å². The zero-order valence-corrected chi connectivity index (χ0v) is 17.8. The smallest absolute Gasteiger partial charge is 0.248 e. The van der Waals surface area contributed by atoms with Gasteiger partial charge in [-0.3, -0.25) is 0 Å². The van der Waals surface area contributed by atoms with E-state index in [4.69, 9.17) is 9.26 Å². The number of benzene rings is 1. The molecule has 1 saturated carbocycles. The number of hydrogen-bond donors (Lipinski definition) is 0. The number of hydrogen-bond acceptors (Lipinski definition) is 4. The van der Waals surface area contributed by atoms with Gasteiger partial charge in [0.1, 0.15) is 5.75 Å². The normalized spacial score (nSPS) is 19.7. The van der Waals surface area contributed by atoms with Crippen LogP contribution >= 0.6 is 0 Å².